The maximum absolute atomic E-state index is 12.4. The SMILES string of the molecule is CC(C)(C)OC(=O)N1CCc2c(ncnc2NCC(O)C23CC4CC(CC(C4)C2)C3)C1.OC(CNc1ncnc2c1CCNC2)C12CC3CC(CC(C3)C1)C2. The lowest BCUT2D eigenvalue weighted by atomic mass is 9.48. The molecule has 0 aromatic carbocycles. The first kappa shape index (κ1) is 37.5. The normalized spacial score (nSPS) is 34.9. The van der Waals surface area contributed by atoms with E-state index in [1.54, 1.807) is 17.6 Å². The molecular weight excluding hydrogens is 693 g/mol. The summed E-state index contributed by atoms with van der Waals surface area (Å²) in [5, 5.41) is 32.6. The van der Waals surface area contributed by atoms with E-state index in [2.05, 4.69) is 35.9 Å². The van der Waals surface area contributed by atoms with Crippen LogP contribution in [-0.2, 0) is 30.7 Å². The summed E-state index contributed by atoms with van der Waals surface area (Å²) < 4.78 is 5.51. The minimum Gasteiger partial charge on any atom is -0.444 e. The summed E-state index contributed by atoms with van der Waals surface area (Å²) in [7, 11) is 0. The summed E-state index contributed by atoms with van der Waals surface area (Å²) in [6.45, 7) is 9.61. The van der Waals surface area contributed by atoms with Gasteiger partial charge in [-0.25, -0.2) is 24.7 Å². The van der Waals surface area contributed by atoms with Crippen molar-refractivity contribution in [3.63, 3.8) is 0 Å². The van der Waals surface area contributed by atoms with Gasteiger partial charge in [0.1, 0.15) is 29.9 Å². The lowest BCUT2D eigenvalue weighted by Crippen LogP contribution is -2.53. The Morgan fingerprint density at radius 2 is 1.22 bits per heavy atom. The lowest BCUT2D eigenvalue weighted by molar-refractivity contribution is -0.115. The quantitative estimate of drug-likeness (QED) is 0.220. The van der Waals surface area contributed by atoms with Gasteiger partial charge in [0.05, 0.1) is 30.1 Å². The minimum atomic E-state index is -0.511. The summed E-state index contributed by atoms with van der Waals surface area (Å²) >= 11 is 0. The highest BCUT2D eigenvalue weighted by Crippen LogP contribution is 2.62. The van der Waals surface area contributed by atoms with Crippen LogP contribution in [0.4, 0.5) is 16.4 Å². The van der Waals surface area contributed by atoms with Gasteiger partial charge in [-0.15, -0.1) is 0 Å². The highest BCUT2D eigenvalue weighted by molar-refractivity contribution is 5.69. The second-order valence-electron chi connectivity index (χ2n) is 20.2. The molecule has 2 unspecified atom stereocenters. The topological polar surface area (TPSA) is 158 Å². The minimum absolute atomic E-state index is 0.0996. The molecule has 0 radical (unpaired) electrons. The van der Waals surface area contributed by atoms with Crippen LogP contribution in [0.25, 0.3) is 0 Å². The number of aliphatic hydroxyl groups excluding tert-OH is 2. The van der Waals surface area contributed by atoms with Crippen molar-refractivity contribution in [1.82, 2.24) is 30.2 Å². The molecule has 12 nitrogen and oxygen atoms in total. The molecule has 55 heavy (non-hydrogen) atoms. The molecule has 5 N–H and O–H groups in total. The van der Waals surface area contributed by atoms with Crippen LogP contribution in [0.15, 0.2) is 12.7 Å². The number of carbonyl (C=O) groups is 1. The van der Waals surface area contributed by atoms with Crippen LogP contribution in [0.3, 0.4) is 0 Å². The predicted molar refractivity (Wildman–Crippen MR) is 210 cm³/mol. The zero-order valence-corrected chi connectivity index (χ0v) is 33.4. The van der Waals surface area contributed by atoms with Crippen molar-refractivity contribution in [1.29, 1.82) is 0 Å². The Kier molecular flexibility index (Phi) is 10.0. The third kappa shape index (κ3) is 7.68. The van der Waals surface area contributed by atoms with Crippen LogP contribution < -0.4 is 16.0 Å². The Labute approximate surface area is 326 Å². The average molecular weight is 757 g/mol. The Hall–Kier alpha value is -3.09. The summed E-state index contributed by atoms with van der Waals surface area (Å²) in [4.78, 5) is 31.9. The standard InChI is InChI=1S/C24H36N4O3.C19H28N4O/c1-23(2,3)31-22(30)28-5-4-18-19(13-28)26-14-27-21(18)25-12-20(29)24-9-15-6-16(10-24)8-17(7-15)11-24;24-17(19-6-12-3-13(7-19)5-14(4-12)8-19)10-21-18-15-1-2-20-9-16(15)22-11-23-18/h14-17,20,29H,4-13H2,1-3H3,(H,25,26,27);11-14,17,20,24H,1-10H2,(H,21,22,23). The van der Waals surface area contributed by atoms with E-state index < -0.39 is 5.60 Å². The molecule has 2 atom stereocenters. The molecule has 12 rings (SSSR count). The van der Waals surface area contributed by atoms with Crippen LogP contribution in [-0.4, -0.2) is 85.1 Å². The van der Waals surface area contributed by atoms with Crippen LogP contribution in [0.1, 0.15) is 120 Å². The molecule has 2 aromatic rings. The van der Waals surface area contributed by atoms with E-state index in [1.165, 1.54) is 82.6 Å². The maximum atomic E-state index is 12.4. The number of carbonyl (C=O) groups excluding carboxylic acids is 1. The van der Waals surface area contributed by atoms with Crippen molar-refractivity contribution in [3.8, 4) is 0 Å². The number of aliphatic hydroxyl groups is 2. The van der Waals surface area contributed by atoms with E-state index in [9.17, 15) is 15.0 Å². The first-order chi connectivity index (χ1) is 26.4. The van der Waals surface area contributed by atoms with Crippen molar-refractivity contribution >= 4 is 17.7 Å². The van der Waals surface area contributed by atoms with Crippen LogP contribution >= 0.6 is 0 Å². The third-order valence-electron chi connectivity index (χ3n) is 15.0. The molecule has 0 saturated heterocycles. The molecule has 8 aliphatic carbocycles. The number of amides is 1. The van der Waals surface area contributed by atoms with Crippen molar-refractivity contribution in [3.05, 3.63) is 35.2 Å². The summed E-state index contributed by atoms with van der Waals surface area (Å²) in [5.41, 5.74) is 4.01. The average Bonchev–Trinajstić information content (AvgIpc) is 3.14. The Bertz CT molecular complexity index is 1660. The van der Waals surface area contributed by atoms with Crippen LogP contribution in [0, 0.1) is 46.3 Å². The smallest absolute Gasteiger partial charge is 0.410 e. The summed E-state index contributed by atoms with van der Waals surface area (Å²) in [6, 6.07) is 0. The van der Waals surface area contributed by atoms with Gasteiger partial charge < -0.3 is 35.8 Å². The van der Waals surface area contributed by atoms with Gasteiger partial charge in [0.25, 0.3) is 0 Å². The number of fused-ring (bicyclic) bond motifs is 2. The van der Waals surface area contributed by atoms with Crippen LogP contribution in [0.5, 0.6) is 0 Å². The third-order valence-corrected chi connectivity index (χ3v) is 15.0. The number of hydrogen-bond donors (Lipinski definition) is 5. The maximum Gasteiger partial charge on any atom is 0.410 e. The van der Waals surface area contributed by atoms with Gasteiger partial charge in [-0.3, -0.25) is 0 Å². The van der Waals surface area contributed by atoms with E-state index >= 15 is 0 Å². The zero-order valence-electron chi connectivity index (χ0n) is 33.4. The van der Waals surface area contributed by atoms with Gasteiger partial charge in [-0.05, 0) is 164 Å². The summed E-state index contributed by atoms with van der Waals surface area (Å²) in [5.74, 6) is 6.85. The van der Waals surface area contributed by atoms with E-state index in [-0.39, 0.29) is 29.1 Å². The number of anilines is 2. The molecule has 8 saturated carbocycles. The molecule has 2 aromatic heterocycles. The number of aromatic nitrogens is 4. The number of rotatable bonds is 8. The van der Waals surface area contributed by atoms with E-state index in [4.69, 9.17) is 4.74 Å². The Balaban J connectivity index is 0.000000149. The molecule has 8 fully saturated rings. The molecule has 12 heteroatoms. The first-order valence-corrected chi connectivity index (χ1v) is 21.6. The van der Waals surface area contributed by atoms with Crippen molar-refractivity contribution in [2.24, 2.45) is 46.3 Å². The van der Waals surface area contributed by atoms with Gasteiger partial charge in [-0.1, -0.05) is 0 Å². The van der Waals surface area contributed by atoms with Gasteiger partial charge >= 0.3 is 6.09 Å². The van der Waals surface area contributed by atoms with Gasteiger partial charge in [0.15, 0.2) is 0 Å². The predicted octanol–water partition coefficient (Wildman–Crippen LogP) is 5.87. The molecule has 0 spiro atoms. The molecule has 1 amide bonds. The van der Waals surface area contributed by atoms with Crippen molar-refractivity contribution in [2.45, 2.75) is 142 Å². The molecular formula is C43H64N8O4. The number of hydrogen-bond acceptors (Lipinski definition) is 11. The van der Waals surface area contributed by atoms with E-state index in [0.29, 0.717) is 32.6 Å². The second kappa shape index (κ2) is 14.7. The summed E-state index contributed by atoms with van der Waals surface area (Å²) in [6.07, 6.45) is 19.7. The number of ether oxygens (including phenoxy) is 1. The monoisotopic (exact) mass is 757 g/mol. The van der Waals surface area contributed by atoms with Gasteiger partial charge in [-0.2, -0.15) is 0 Å². The Morgan fingerprint density at radius 3 is 1.69 bits per heavy atom. The van der Waals surface area contributed by atoms with E-state index in [0.717, 1.165) is 83.6 Å². The highest BCUT2D eigenvalue weighted by atomic mass is 16.6. The zero-order chi connectivity index (χ0) is 38.0. The molecule has 2 aliphatic heterocycles. The van der Waals surface area contributed by atoms with E-state index in [1.807, 2.05) is 20.8 Å². The molecule has 4 heterocycles. The van der Waals surface area contributed by atoms with Gasteiger partial charge in [0, 0.05) is 37.3 Å². The number of nitrogens with zero attached hydrogens (tertiary/aromatic N) is 5. The number of nitrogens with one attached hydrogen (secondary N) is 3. The fraction of sp³-hybridized carbons (Fsp3) is 0.791. The Morgan fingerprint density at radius 1 is 0.764 bits per heavy atom. The molecule has 10 aliphatic rings. The van der Waals surface area contributed by atoms with Gasteiger partial charge in [0.2, 0.25) is 0 Å². The van der Waals surface area contributed by atoms with Crippen molar-refractivity contribution < 1.29 is 19.7 Å². The fourth-order valence-corrected chi connectivity index (χ4v) is 13.4. The van der Waals surface area contributed by atoms with Crippen LogP contribution in [0.2, 0.25) is 0 Å². The van der Waals surface area contributed by atoms with Crippen molar-refractivity contribution in [2.75, 3.05) is 36.8 Å². The first-order valence-electron chi connectivity index (χ1n) is 21.6. The largest absolute Gasteiger partial charge is 0.444 e. The second-order valence-corrected chi connectivity index (χ2v) is 20.2. The highest BCUT2D eigenvalue weighted by Gasteiger charge is 2.55. The fourth-order valence-electron chi connectivity index (χ4n) is 13.4. The molecule has 8 bridgehead atoms. The molecule has 300 valence electrons. The lowest BCUT2D eigenvalue weighted by Gasteiger charge is -2.58.